The van der Waals surface area contributed by atoms with Crippen molar-refractivity contribution in [3.63, 3.8) is 0 Å². The summed E-state index contributed by atoms with van der Waals surface area (Å²) in [6, 6.07) is 3.72. The molecule has 2 heterocycles. The van der Waals surface area contributed by atoms with Crippen LogP contribution in [0.4, 0.5) is 5.82 Å². The summed E-state index contributed by atoms with van der Waals surface area (Å²) < 4.78 is 0. The van der Waals surface area contributed by atoms with E-state index >= 15 is 0 Å². The Labute approximate surface area is 105 Å². The van der Waals surface area contributed by atoms with Gasteiger partial charge in [-0.15, -0.1) is 0 Å². The standard InChI is InChI=1S/C12H15ClN2O2/c1-8-10(13)2-3-11(14-8)15-6-4-9(5-7-15)12(16)17/h2-3,9H,4-7H2,1H3,(H,16,17). The van der Waals surface area contributed by atoms with Gasteiger partial charge < -0.3 is 10.0 Å². The zero-order valence-corrected chi connectivity index (χ0v) is 10.4. The third-order valence-corrected chi connectivity index (χ3v) is 3.57. The van der Waals surface area contributed by atoms with E-state index in [9.17, 15) is 4.79 Å². The largest absolute Gasteiger partial charge is 0.481 e. The van der Waals surface area contributed by atoms with Crippen molar-refractivity contribution in [2.75, 3.05) is 18.0 Å². The van der Waals surface area contributed by atoms with Crippen molar-refractivity contribution in [3.05, 3.63) is 22.8 Å². The van der Waals surface area contributed by atoms with Gasteiger partial charge >= 0.3 is 5.97 Å². The van der Waals surface area contributed by atoms with Gasteiger partial charge in [-0.2, -0.15) is 0 Å². The highest BCUT2D eigenvalue weighted by molar-refractivity contribution is 6.31. The van der Waals surface area contributed by atoms with Crippen molar-refractivity contribution >= 4 is 23.4 Å². The number of nitrogens with zero attached hydrogens (tertiary/aromatic N) is 2. The predicted molar refractivity (Wildman–Crippen MR) is 66.6 cm³/mol. The van der Waals surface area contributed by atoms with Crippen LogP contribution in [0, 0.1) is 12.8 Å². The number of pyridine rings is 1. The average molecular weight is 255 g/mol. The van der Waals surface area contributed by atoms with E-state index in [0.717, 1.165) is 24.6 Å². The number of carbonyl (C=O) groups is 1. The van der Waals surface area contributed by atoms with Crippen LogP contribution in [0.25, 0.3) is 0 Å². The Hall–Kier alpha value is -1.29. The van der Waals surface area contributed by atoms with Crippen molar-refractivity contribution in [1.29, 1.82) is 0 Å². The number of carboxylic acid groups (broad SMARTS) is 1. The maximum atomic E-state index is 10.8. The number of aliphatic carboxylic acids is 1. The molecule has 0 radical (unpaired) electrons. The molecule has 1 saturated heterocycles. The number of aryl methyl sites for hydroxylation is 1. The molecule has 0 unspecified atom stereocenters. The van der Waals surface area contributed by atoms with Crippen LogP contribution in [-0.4, -0.2) is 29.1 Å². The van der Waals surface area contributed by atoms with Gasteiger partial charge in [0.15, 0.2) is 0 Å². The minimum Gasteiger partial charge on any atom is -0.481 e. The fraction of sp³-hybridized carbons (Fsp3) is 0.500. The van der Waals surface area contributed by atoms with Gasteiger partial charge in [-0.1, -0.05) is 11.6 Å². The lowest BCUT2D eigenvalue weighted by molar-refractivity contribution is -0.142. The topological polar surface area (TPSA) is 53.4 Å². The second kappa shape index (κ2) is 4.92. The van der Waals surface area contributed by atoms with Crippen LogP contribution < -0.4 is 4.90 Å². The van der Waals surface area contributed by atoms with Crippen molar-refractivity contribution in [3.8, 4) is 0 Å². The maximum absolute atomic E-state index is 10.8. The zero-order valence-electron chi connectivity index (χ0n) is 9.69. The van der Waals surface area contributed by atoms with Crippen molar-refractivity contribution in [2.24, 2.45) is 5.92 Å². The van der Waals surface area contributed by atoms with Crippen molar-refractivity contribution in [2.45, 2.75) is 19.8 Å². The smallest absolute Gasteiger partial charge is 0.306 e. The van der Waals surface area contributed by atoms with Gasteiger partial charge in [-0.05, 0) is 31.9 Å². The highest BCUT2D eigenvalue weighted by Crippen LogP contribution is 2.24. The molecule has 0 aromatic carbocycles. The fourth-order valence-electron chi connectivity index (χ4n) is 2.06. The third kappa shape index (κ3) is 2.69. The van der Waals surface area contributed by atoms with E-state index in [0.29, 0.717) is 17.9 Å². The van der Waals surface area contributed by atoms with Crippen LogP contribution >= 0.6 is 11.6 Å². The first-order valence-electron chi connectivity index (χ1n) is 5.69. The lowest BCUT2D eigenvalue weighted by atomic mass is 9.97. The Balaban J connectivity index is 2.05. The number of anilines is 1. The SMILES string of the molecule is Cc1nc(N2CCC(C(=O)O)CC2)ccc1Cl. The minimum absolute atomic E-state index is 0.209. The number of aromatic nitrogens is 1. The molecular weight excluding hydrogens is 240 g/mol. The van der Waals surface area contributed by atoms with E-state index in [-0.39, 0.29) is 5.92 Å². The van der Waals surface area contributed by atoms with E-state index in [1.165, 1.54) is 0 Å². The van der Waals surface area contributed by atoms with Gasteiger partial charge in [0.2, 0.25) is 0 Å². The molecule has 17 heavy (non-hydrogen) atoms. The summed E-state index contributed by atoms with van der Waals surface area (Å²) in [6.45, 7) is 3.35. The maximum Gasteiger partial charge on any atom is 0.306 e. The molecule has 1 aliphatic rings. The Kier molecular flexibility index (Phi) is 3.52. The molecule has 0 bridgehead atoms. The molecule has 1 aromatic heterocycles. The lowest BCUT2D eigenvalue weighted by Gasteiger charge is -2.31. The van der Waals surface area contributed by atoms with Crippen molar-refractivity contribution in [1.82, 2.24) is 4.98 Å². The Morgan fingerprint density at radius 3 is 2.65 bits per heavy atom. The van der Waals surface area contributed by atoms with Gasteiger partial charge in [0.25, 0.3) is 0 Å². The number of piperidine rings is 1. The molecule has 0 saturated carbocycles. The fourth-order valence-corrected chi connectivity index (χ4v) is 2.17. The molecule has 1 fully saturated rings. The van der Waals surface area contributed by atoms with Crippen molar-refractivity contribution < 1.29 is 9.90 Å². The Morgan fingerprint density at radius 2 is 2.12 bits per heavy atom. The number of hydrogen-bond acceptors (Lipinski definition) is 3. The van der Waals surface area contributed by atoms with Gasteiger partial charge in [-0.3, -0.25) is 4.79 Å². The summed E-state index contributed by atoms with van der Waals surface area (Å²) in [4.78, 5) is 17.4. The van der Waals surface area contributed by atoms with Gasteiger partial charge in [0.05, 0.1) is 16.6 Å². The second-order valence-electron chi connectivity index (χ2n) is 4.34. The first-order valence-corrected chi connectivity index (χ1v) is 6.06. The molecular formula is C12H15ClN2O2. The van der Waals surface area contributed by atoms with Crippen LogP contribution in [0.1, 0.15) is 18.5 Å². The first-order chi connectivity index (χ1) is 8.08. The average Bonchev–Trinajstić information content (AvgIpc) is 2.33. The highest BCUT2D eigenvalue weighted by Gasteiger charge is 2.25. The Morgan fingerprint density at radius 1 is 1.47 bits per heavy atom. The number of carboxylic acids is 1. The third-order valence-electron chi connectivity index (χ3n) is 3.17. The molecule has 5 heteroatoms. The summed E-state index contributed by atoms with van der Waals surface area (Å²) >= 11 is 5.93. The number of rotatable bonds is 2. The zero-order chi connectivity index (χ0) is 12.4. The van der Waals surface area contributed by atoms with Gasteiger partial charge in [0.1, 0.15) is 5.82 Å². The molecule has 1 N–H and O–H groups in total. The molecule has 0 aliphatic carbocycles. The van der Waals surface area contributed by atoms with Crippen LogP contribution in [0.2, 0.25) is 5.02 Å². The molecule has 2 rings (SSSR count). The number of hydrogen-bond donors (Lipinski definition) is 1. The van der Waals surface area contributed by atoms with E-state index in [2.05, 4.69) is 9.88 Å². The predicted octanol–water partition coefficient (Wildman–Crippen LogP) is 2.34. The van der Waals surface area contributed by atoms with Crippen LogP contribution in [0.3, 0.4) is 0 Å². The summed E-state index contributed by atoms with van der Waals surface area (Å²) in [5.74, 6) is -0.0136. The minimum atomic E-state index is -0.690. The van der Waals surface area contributed by atoms with Gasteiger partial charge in [0, 0.05) is 13.1 Å². The van der Waals surface area contributed by atoms with E-state index in [1.807, 2.05) is 19.1 Å². The normalized spacial score (nSPS) is 17.2. The summed E-state index contributed by atoms with van der Waals surface area (Å²) in [7, 11) is 0. The second-order valence-corrected chi connectivity index (χ2v) is 4.74. The van der Waals surface area contributed by atoms with E-state index in [1.54, 1.807) is 0 Å². The van der Waals surface area contributed by atoms with Crippen LogP contribution in [0.15, 0.2) is 12.1 Å². The first kappa shape index (κ1) is 12.2. The molecule has 0 amide bonds. The molecule has 92 valence electrons. The quantitative estimate of drug-likeness (QED) is 0.880. The molecule has 0 spiro atoms. The van der Waals surface area contributed by atoms with Crippen LogP contribution in [-0.2, 0) is 4.79 Å². The van der Waals surface area contributed by atoms with Gasteiger partial charge in [-0.25, -0.2) is 4.98 Å². The lowest BCUT2D eigenvalue weighted by Crippen LogP contribution is -2.36. The van der Waals surface area contributed by atoms with Crippen LogP contribution in [0.5, 0.6) is 0 Å². The molecule has 1 aromatic rings. The molecule has 4 nitrogen and oxygen atoms in total. The van der Waals surface area contributed by atoms with E-state index < -0.39 is 5.97 Å². The summed E-state index contributed by atoms with van der Waals surface area (Å²) in [6.07, 6.45) is 1.36. The summed E-state index contributed by atoms with van der Waals surface area (Å²) in [5, 5.41) is 9.59. The highest BCUT2D eigenvalue weighted by atomic mass is 35.5. The Bertz CT molecular complexity index is 429. The monoisotopic (exact) mass is 254 g/mol. The summed E-state index contributed by atoms with van der Waals surface area (Å²) in [5.41, 5.74) is 0.810. The number of halogens is 1. The molecule has 1 aliphatic heterocycles. The molecule has 0 atom stereocenters. The van der Waals surface area contributed by atoms with E-state index in [4.69, 9.17) is 16.7 Å².